The van der Waals surface area contributed by atoms with Gasteiger partial charge in [0, 0.05) is 13.5 Å². The zero-order valence-electron chi connectivity index (χ0n) is 21.8. The molecule has 1 aliphatic heterocycles. The molecule has 1 aliphatic rings. The molecule has 196 valence electrons. The van der Waals surface area contributed by atoms with Crippen molar-refractivity contribution in [2.24, 2.45) is 0 Å². The quantitative estimate of drug-likeness (QED) is 0.364. The molecule has 2 aromatic rings. The number of benzene rings is 2. The van der Waals surface area contributed by atoms with E-state index in [1.807, 2.05) is 50.2 Å². The maximum absolute atomic E-state index is 13.1. The van der Waals surface area contributed by atoms with Crippen LogP contribution in [0.25, 0.3) is 0 Å². The second-order valence-electron chi connectivity index (χ2n) is 9.32. The van der Waals surface area contributed by atoms with Gasteiger partial charge in [0.2, 0.25) is 0 Å². The van der Waals surface area contributed by atoms with Gasteiger partial charge in [-0.05, 0) is 80.8 Å². The summed E-state index contributed by atoms with van der Waals surface area (Å²) in [5, 5.41) is 0. The Morgan fingerprint density at radius 1 is 0.972 bits per heavy atom. The highest BCUT2D eigenvalue weighted by Gasteiger charge is 2.24. The Balaban J connectivity index is 1.75. The molecule has 7 heteroatoms. The number of hydrogen-bond donors (Lipinski definition) is 0. The molecule has 2 atom stereocenters. The van der Waals surface area contributed by atoms with Gasteiger partial charge in [-0.2, -0.15) is 0 Å². The van der Waals surface area contributed by atoms with Gasteiger partial charge in [-0.1, -0.05) is 24.6 Å². The van der Waals surface area contributed by atoms with Crippen molar-refractivity contribution >= 4 is 11.8 Å². The fourth-order valence-corrected chi connectivity index (χ4v) is 4.42. The average molecular weight is 499 g/mol. The largest absolute Gasteiger partial charge is 0.497 e. The van der Waals surface area contributed by atoms with Gasteiger partial charge in [0.1, 0.15) is 23.2 Å². The Kier molecular flexibility index (Phi) is 10.8. The number of carbonyl (C=O) groups excluding carboxylic acids is 2. The van der Waals surface area contributed by atoms with Crippen LogP contribution in [-0.4, -0.2) is 45.0 Å². The second kappa shape index (κ2) is 14.0. The standard InChI is InChI=1S/C29H38O7/c1-20-16-23-9-5-6-11-26(34-18-22-12-14-24(33-4)15-13-22)25(30)10-7-8-21(2)36-29(31)28(23)27(17-20)35-19-32-3/h12-17,21,26H,5-11,18-19H2,1-4H3/t21-,26-/m0/s1. The van der Waals surface area contributed by atoms with E-state index in [0.717, 1.165) is 35.3 Å². The molecule has 0 N–H and O–H groups in total. The van der Waals surface area contributed by atoms with E-state index >= 15 is 0 Å². The summed E-state index contributed by atoms with van der Waals surface area (Å²) in [5.41, 5.74) is 3.34. The lowest BCUT2D eigenvalue weighted by molar-refractivity contribution is -0.132. The molecule has 0 aromatic heterocycles. The van der Waals surface area contributed by atoms with Crippen molar-refractivity contribution < 1.29 is 33.3 Å². The van der Waals surface area contributed by atoms with E-state index in [2.05, 4.69) is 0 Å². The minimum absolute atomic E-state index is 0.0497. The molecule has 0 bridgehead atoms. The van der Waals surface area contributed by atoms with Gasteiger partial charge in [0.15, 0.2) is 12.6 Å². The molecule has 2 aromatic carbocycles. The molecule has 0 aliphatic carbocycles. The van der Waals surface area contributed by atoms with Crippen LogP contribution in [0.3, 0.4) is 0 Å². The van der Waals surface area contributed by atoms with Crippen LogP contribution in [0.1, 0.15) is 72.5 Å². The number of rotatable bonds is 7. The fraction of sp³-hybridized carbons (Fsp3) is 0.517. The van der Waals surface area contributed by atoms with Crippen LogP contribution in [0.15, 0.2) is 36.4 Å². The van der Waals surface area contributed by atoms with Gasteiger partial charge in [0.05, 0.1) is 19.8 Å². The normalized spacial score (nSPS) is 19.7. The Morgan fingerprint density at radius 2 is 1.75 bits per heavy atom. The maximum Gasteiger partial charge on any atom is 0.342 e. The lowest BCUT2D eigenvalue weighted by Crippen LogP contribution is -2.25. The van der Waals surface area contributed by atoms with Crippen molar-refractivity contribution in [1.29, 1.82) is 0 Å². The van der Waals surface area contributed by atoms with Crippen LogP contribution in [-0.2, 0) is 32.0 Å². The molecule has 0 amide bonds. The van der Waals surface area contributed by atoms with E-state index in [1.165, 1.54) is 0 Å². The first-order chi connectivity index (χ1) is 17.4. The number of carbonyl (C=O) groups is 2. The van der Waals surface area contributed by atoms with Crippen LogP contribution < -0.4 is 9.47 Å². The number of Topliss-reactive ketones (excluding diaryl/α,β-unsaturated/α-hetero) is 1. The van der Waals surface area contributed by atoms with Gasteiger partial charge in [-0.25, -0.2) is 4.79 Å². The van der Waals surface area contributed by atoms with Gasteiger partial charge < -0.3 is 23.7 Å². The molecule has 3 rings (SSSR count). The van der Waals surface area contributed by atoms with Crippen molar-refractivity contribution in [3.05, 3.63) is 58.7 Å². The van der Waals surface area contributed by atoms with Gasteiger partial charge >= 0.3 is 5.97 Å². The third kappa shape index (κ3) is 8.07. The third-order valence-corrected chi connectivity index (χ3v) is 6.34. The van der Waals surface area contributed by atoms with Crippen molar-refractivity contribution in [2.75, 3.05) is 21.0 Å². The number of fused-ring (bicyclic) bond motifs is 1. The minimum Gasteiger partial charge on any atom is -0.497 e. The molecule has 0 spiro atoms. The molecule has 0 unspecified atom stereocenters. The molecule has 7 nitrogen and oxygen atoms in total. The van der Waals surface area contributed by atoms with Crippen LogP contribution in [0, 0.1) is 6.92 Å². The highest BCUT2D eigenvalue weighted by molar-refractivity contribution is 5.94. The number of cyclic esters (lactones) is 1. The average Bonchev–Trinajstić information content (AvgIpc) is 2.86. The summed E-state index contributed by atoms with van der Waals surface area (Å²) in [6.07, 6.45) is 3.76. The first kappa shape index (κ1) is 27.7. The second-order valence-corrected chi connectivity index (χ2v) is 9.32. The van der Waals surface area contributed by atoms with Crippen LogP contribution >= 0.6 is 0 Å². The van der Waals surface area contributed by atoms with Crippen molar-refractivity contribution in [1.82, 2.24) is 0 Å². The van der Waals surface area contributed by atoms with E-state index < -0.39 is 12.1 Å². The van der Waals surface area contributed by atoms with Crippen molar-refractivity contribution in [3.63, 3.8) is 0 Å². The van der Waals surface area contributed by atoms with E-state index in [-0.39, 0.29) is 18.7 Å². The Bertz CT molecular complexity index is 999. The predicted octanol–water partition coefficient (Wildman–Crippen LogP) is 5.58. The Labute approximate surface area is 214 Å². The highest BCUT2D eigenvalue weighted by Crippen LogP contribution is 2.29. The number of methoxy groups -OCH3 is 2. The summed E-state index contributed by atoms with van der Waals surface area (Å²) in [4.78, 5) is 26.1. The lowest BCUT2D eigenvalue weighted by atomic mass is 9.96. The maximum atomic E-state index is 13.1. The van der Waals surface area contributed by atoms with Gasteiger partial charge in [0.25, 0.3) is 0 Å². The first-order valence-corrected chi connectivity index (χ1v) is 12.6. The summed E-state index contributed by atoms with van der Waals surface area (Å²) in [7, 11) is 3.18. The Hall–Kier alpha value is -2.90. The number of esters is 1. The van der Waals surface area contributed by atoms with E-state index in [1.54, 1.807) is 14.2 Å². The molecule has 1 heterocycles. The molecular formula is C29H38O7. The highest BCUT2D eigenvalue weighted by atomic mass is 16.7. The number of ketones is 1. The van der Waals surface area contributed by atoms with E-state index in [9.17, 15) is 9.59 Å². The molecule has 0 radical (unpaired) electrons. The molecule has 36 heavy (non-hydrogen) atoms. The van der Waals surface area contributed by atoms with Crippen LogP contribution in [0.5, 0.6) is 11.5 Å². The fourth-order valence-electron chi connectivity index (χ4n) is 4.42. The molecule has 0 saturated carbocycles. The summed E-state index contributed by atoms with van der Waals surface area (Å²) in [6.45, 7) is 4.25. The van der Waals surface area contributed by atoms with Gasteiger partial charge in [-0.3, -0.25) is 4.79 Å². The van der Waals surface area contributed by atoms with Crippen molar-refractivity contribution in [3.8, 4) is 11.5 Å². The minimum atomic E-state index is -0.453. The van der Waals surface area contributed by atoms with E-state index in [4.69, 9.17) is 23.7 Å². The molecule has 0 fully saturated rings. The van der Waals surface area contributed by atoms with Crippen LogP contribution in [0.2, 0.25) is 0 Å². The summed E-state index contributed by atoms with van der Waals surface area (Å²) < 4.78 is 27.9. The number of ether oxygens (including phenoxy) is 5. The van der Waals surface area contributed by atoms with Crippen LogP contribution in [0.4, 0.5) is 0 Å². The molecule has 0 saturated heterocycles. The summed E-state index contributed by atoms with van der Waals surface area (Å²) in [6, 6.07) is 11.5. The smallest absolute Gasteiger partial charge is 0.342 e. The zero-order chi connectivity index (χ0) is 25.9. The van der Waals surface area contributed by atoms with Gasteiger partial charge in [-0.15, -0.1) is 0 Å². The predicted molar refractivity (Wildman–Crippen MR) is 137 cm³/mol. The first-order valence-electron chi connectivity index (χ1n) is 12.6. The number of aryl methyl sites for hydroxylation is 2. The molecular weight excluding hydrogens is 460 g/mol. The summed E-state index contributed by atoms with van der Waals surface area (Å²) >= 11 is 0. The third-order valence-electron chi connectivity index (χ3n) is 6.34. The SMILES string of the molecule is COCOc1cc(C)cc2c1C(=O)O[C@@H](C)CCCC(=O)[C@@H](OCc1ccc(OC)cc1)CCCC2. The van der Waals surface area contributed by atoms with Crippen molar-refractivity contribution in [2.45, 2.75) is 77.6 Å². The van der Waals surface area contributed by atoms with E-state index in [0.29, 0.717) is 50.0 Å². The summed E-state index contributed by atoms with van der Waals surface area (Å²) in [5.74, 6) is 0.972. The topological polar surface area (TPSA) is 80.3 Å². The zero-order valence-corrected chi connectivity index (χ0v) is 21.8. The monoisotopic (exact) mass is 498 g/mol. The lowest BCUT2D eigenvalue weighted by Gasteiger charge is -2.21. The number of hydrogen-bond acceptors (Lipinski definition) is 7. The Morgan fingerprint density at radius 3 is 2.47 bits per heavy atom.